The number of unbranched alkanes of at least 4 members (excludes halogenated alkanes) is 1. The molecule has 0 fully saturated rings. The Hall–Kier alpha value is -1.00. The summed E-state index contributed by atoms with van der Waals surface area (Å²) < 4.78 is 135. The van der Waals surface area contributed by atoms with Crippen LogP contribution in [-0.4, -0.2) is 324 Å². The predicted molar refractivity (Wildman–Crippen MR) is 323 cm³/mol. The number of rotatable bonds is 74. The van der Waals surface area contributed by atoms with Gasteiger partial charge in [-0.05, 0) is 68.7 Å². The SMILES string of the molecule is CCCCOCCOCCOCCOCCOCCOCCOCCOCCOCCOCCOCCOCCOCCOCCOCCOCC(C)OCC(C)OCC(C)OCC(C)OCC(C)OCC(C)OCC(C)OCC(C)OCC(C)O. The highest BCUT2D eigenvalue weighted by Gasteiger charge is 2.15. The third-order valence-electron chi connectivity index (χ3n) is 11.5. The molecule has 25 heteroatoms. The molecule has 0 heterocycles. The molecule has 0 aromatic carbocycles. The molecule has 0 aliphatic heterocycles. The van der Waals surface area contributed by atoms with Crippen molar-refractivity contribution in [1.82, 2.24) is 0 Å². The molecule has 25 nitrogen and oxygen atoms in total. The van der Waals surface area contributed by atoms with E-state index in [-0.39, 0.29) is 55.4 Å². The monoisotopic (exact) mass is 1260 g/mol. The van der Waals surface area contributed by atoms with Crippen LogP contribution in [0.4, 0.5) is 0 Å². The van der Waals surface area contributed by atoms with E-state index in [0.29, 0.717) is 251 Å². The second-order valence-corrected chi connectivity index (χ2v) is 20.6. The minimum Gasteiger partial charge on any atom is -0.391 e. The summed E-state index contributed by atoms with van der Waals surface area (Å²) in [4.78, 5) is 0. The van der Waals surface area contributed by atoms with Crippen LogP contribution in [0.1, 0.15) is 82.1 Å². The Morgan fingerprint density at radius 2 is 0.326 bits per heavy atom. The van der Waals surface area contributed by atoms with Gasteiger partial charge >= 0.3 is 0 Å². The molecular formula is C61H124O25. The van der Waals surface area contributed by atoms with Gasteiger partial charge in [0.05, 0.1) is 313 Å². The van der Waals surface area contributed by atoms with Crippen LogP contribution in [0.3, 0.4) is 0 Å². The lowest BCUT2D eigenvalue weighted by Gasteiger charge is -2.23. The maximum Gasteiger partial charge on any atom is 0.0781 e. The van der Waals surface area contributed by atoms with Gasteiger partial charge in [-0.25, -0.2) is 0 Å². The van der Waals surface area contributed by atoms with E-state index >= 15 is 0 Å². The van der Waals surface area contributed by atoms with Crippen LogP contribution in [0, 0.1) is 0 Å². The van der Waals surface area contributed by atoms with Gasteiger partial charge in [0.1, 0.15) is 0 Å². The first-order valence-electron chi connectivity index (χ1n) is 31.8. The molecule has 0 bridgehead atoms. The Bertz CT molecular complexity index is 1290. The Kier molecular flexibility index (Phi) is 67.6. The maximum absolute atomic E-state index is 9.35. The molecule has 0 saturated carbocycles. The first-order valence-corrected chi connectivity index (χ1v) is 31.8. The van der Waals surface area contributed by atoms with E-state index in [2.05, 4.69) is 6.92 Å². The van der Waals surface area contributed by atoms with Crippen molar-refractivity contribution in [3.63, 3.8) is 0 Å². The number of ether oxygens (including phenoxy) is 24. The van der Waals surface area contributed by atoms with Gasteiger partial charge < -0.3 is 119 Å². The summed E-state index contributed by atoms with van der Waals surface area (Å²) in [6.45, 7) is 39.3. The van der Waals surface area contributed by atoms with E-state index in [1.54, 1.807) is 6.92 Å². The molecule has 518 valence electrons. The predicted octanol–water partition coefficient (Wildman–Crippen LogP) is 4.67. The summed E-state index contributed by atoms with van der Waals surface area (Å²) in [6.07, 6.45) is 0.958. The quantitative estimate of drug-likeness (QED) is 0.0814. The lowest BCUT2D eigenvalue weighted by atomic mass is 10.3. The van der Waals surface area contributed by atoms with E-state index in [0.717, 1.165) is 19.4 Å². The van der Waals surface area contributed by atoms with Crippen LogP contribution in [-0.2, 0) is 114 Å². The Balaban J connectivity index is 3.38. The molecule has 9 atom stereocenters. The first-order chi connectivity index (χ1) is 41.9. The minimum absolute atomic E-state index is 0.0855. The Labute approximate surface area is 518 Å². The molecule has 0 spiro atoms. The molecule has 9 unspecified atom stereocenters. The van der Waals surface area contributed by atoms with Crippen LogP contribution in [0.25, 0.3) is 0 Å². The van der Waals surface area contributed by atoms with E-state index in [9.17, 15) is 5.11 Å². The standard InChI is InChI=1S/C61H124O25/c1-11-12-13-63-14-15-64-16-17-65-18-19-66-20-21-67-22-23-68-24-25-69-26-27-70-28-29-71-30-31-72-32-33-73-34-35-74-36-37-75-38-39-76-40-41-77-42-43-78-45-54(3)80-47-56(5)82-49-58(7)84-51-60(9)86-52-61(10)85-50-59(8)83-48-57(6)81-46-55(4)79-44-53(2)62/h53-62H,11-52H2,1-10H3. The van der Waals surface area contributed by atoms with Crippen LogP contribution >= 0.6 is 0 Å². The summed E-state index contributed by atoms with van der Waals surface area (Å²) >= 11 is 0. The lowest BCUT2D eigenvalue weighted by Crippen LogP contribution is -2.30. The number of hydrogen-bond donors (Lipinski definition) is 1. The van der Waals surface area contributed by atoms with Crippen LogP contribution in [0.15, 0.2) is 0 Å². The number of aliphatic hydroxyl groups is 1. The average molecular weight is 1260 g/mol. The van der Waals surface area contributed by atoms with Crippen molar-refractivity contribution in [2.75, 3.05) is 264 Å². The molecule has 0 aliphatic rings. The normalized spacial score (nSPS) is 15.2. The van der Waals surface area contributed by atoms with Crippen molar-refractivity contribution in [1.29, 1.82) is 0 Å². The summed E-state index contributed by atoms with van der Waals surface area (Å²) in [5.74, 6) is 0. The minimum atomic E-state index is -0.496. The third kappa shape index (κ3) is 68.9. The van der Waals surface area contributed by atoms with Gasteiger partial charge in [-0.3, -0.25) is 0 Å². The van der Waals surface area contributed by atoms with Crippen LogP contribution < -0.4 is 0 Å². The van der Waals surface area contributed by atoms with Gasteiger partial charge in [0, 0.05) is 6.61 Å². The van der Waals surface area contributed by atoms with Crippen LogP contribution in [0.2, 0.25) is 0 Å². The zero-order chi connectivity index (χ0) is 62.9. The average Bonchev–Trinajstić information content (AvgIpc) is 3.55. The summed E-state index contributed by atoms with van der Waals surface area (Å²) in [6, 6.07) is 0. The molecule has 0 aromatic rings. The molecule has 0 radical (unpaired) electrons. The van der Waals surface area contributed by atoms with Crippen molar-refractivity contribution in [3.05, 3.63) is 0 Å². The summed E-state index contributed by atoms with van der Waals surface area (Å²) in [5, 5.41) is 9.35. The zero-order valence-electron chi connectivity index (χ0n) is 55.1. The summed E-state index contributed by atoms with van der Waals surface area (Å²) in [5.41, 5.74) is 0. The molecule has 0 aromatic heterocycles. The second-order valence-electron chi connectivity index (χ2n) is 20.6. The van der Waals surface area contributed by atoms with E-state index in [1.165, 1.54) is 0 Å². The van der Waals surface area contributed by atoms with Crippen molar-refractivity contribution >= 4 is 0 Å². The first kappa shape index (κ1) is 85.0. The molecule has 1 N–H and O–H groups in total. The maximum atomic E-state index is 9.35. The molecule has 86 heavy (non-hydrogen) atoms. The second kappa shape index (κ2) is 68.4. The molecule has 0 rings (SSSR count). The Morgan fingerprint density at radius 3 is 0.488 bits per heavy atom. The van der Waals surface area contributed by atoms with E-state index in [4.69, 9.17) is 114 Å². The topological polar surface area (TPSA) is 242 Å². The highest BCUT2D eigenvalue weighted by Crippen LogP contribution is 2.06. The highest BCUT2D eigenvalue weighted by molar-refractivity contribution is 4.60. The van der Waals surface area contributed by atoms with Gasteiger partial charge in [0.25, 0.3) is 0 Å². The Morgan fingerprint density at radius 1 is 0.186 bits per heavy atom. The van der Waals surface area contributed by atoms with Gasteiger partial charge in [-0.15, -0.1) is 0 Å². The van der Waals surface area contributed by atoms with Crippen LogP contribution in [0.5, 0.6) is 0 Å². The van der Waals surface area contributed by atoms with Crippen molar-refractivity contribution in [3.8, 4) is 0 Å². The fourth-order valence-corrected chi connectivity index (χ4v) is 6.58. The highest BCUT2D eigenvalue weighted by atomic mass is 16.6. The van der Waals surface area contributed by atoms with Crippen molar-refractivity contribution < 1.29 is 119 Å². The van der Waals surface area contributed by atoms with E-state index < -0.39 is 6.10 Å². The smallest absolute Gasteiger partial charge is 0.0781 e. The molecule has 0 aliphatic carbocycles. The van der Waals surface area contributed by atoms with Gasteiger partial charge in [0.15, 0.2) is 0 Å². The summed E-state index contributed by atoms with van der Waals surface area (Å²) in [7, 11) is 0. The fourth-order valence-electron chi connectivity index (χ4n) is 6.58. The fraction of sp³-hybridized carbons (Fsp3) is 1.00. The number of hydrogen-bond acceptors (Lipinski definition) is 25. The van der Waals surface area contributed by atoms with Gasteiger partial charge in [-0.2, -0.15) is 0 Å². The van der Waals surface area contributed by atoms with E-state index in [1.807, 2.05) is 55.4 Å². The number of aliphatic hydroxyl groups excluding tert-OH is 1. The molecular weight excluding hydrogens is 1130 g/mol. The lowest BCUT2D eigenvalue weighted by molar-refractivity contribution is -0.111. The van der Waals surface area contributed by atoms with Gasteiger partial charge in [-0.1, -0.05) is 13.3 Å². The van der Waals surface area contributed by atoms with Crippen molar-refractivity contribution in [2.45, 2.75) is 137 Å². The zero-order valence-corrected chi connectivity index (χ0v) is 55.1. The van der Waals surface area contributed by atoms with Crippen molar-refractivity contribution in [2.24, 2.45) is 0 Å². The molecule has 0 saturated heterocycles. The van der Waals surface area contributed by atoms with Gasteiger partial charge in [0.2, 0.25) is 0 Å². The third-order valence-corrected chi connectivity index (χ3v) is 11.5. The largest absolute Gasteiger partial charge is 0.391 e. The molecule has 0 amide bonds.